The van der Waals surface area contributed by atoms with Gasteiger partial charge in [-0.1, -0.05) is 36.4 Å². The standard InChI is InChI=1S/C18H22N2O3S/c1-20(2)17(14-8-5-4-6-9-14)13-19-18(21)15-10-7-11-16(12-15)24(3,22)23/h4-12,17H,13H2,1-3H3,(H,19,21). The van der Waals surface area contributed by atoms with Crippen LogP contribution in [0.15, 0.2) is 59.5 Å². The van der Waals surface area contributed by atoms with Crippen molar-refractivity contribution in [2.75, 3.05) is 26.9 Å². The van der Waals surface area contributed by atoms with Crippen molar-refractivity contribution in [1.82, 2.24) is 10.2 Å². The Balaban J connectivity index is 2.12. The maximum absolute atomic E-state index is 12.4. The maximum atomic E-state index is 12.4. The van der Waals surface area contributed by atoms with E-state index in [0.29, 0.717) is 12.1 Å². The van der Waals surface area contributed by atoms with Gasteiger partial charge in [0.25, 0.3) is 5.91 Å². The normalized spacial score (nSPS) is 12.8. The summed E-state index contributed by atoms with van der Waals surface area (Å²) in [6.45, 7) is 0.430. The Hall–Kier alpha value is -2.18. The summed E-state index contributed by atoms with van der Waals surface area (Å²) in [6, 6.07) is 16.0. The van der Waals surface area contributed by atoms with Crippen molar-refractivity contribution >= 4 is 15.7 Å². The Morgan fingerprint density at radius 1 is 1.08 bits per heavy atom. The van der Waals surface area contributed by atoms with Gasteiger partial charge in [0.2, 0.25) is 0 Å². The number of rotatable bonds is 6. The summed E-state index contributed by atoms with van der Waals surface area (Å²) >= 11 is 0. The molecule has 128 valence electrons. The molecule has 2 aromatic rings. The van der Waals surface area contributed by atoms with Gasteiger partial charge in [-0.15, -0.1) is 0 Å². The number of hydrogen-bond acceptors (Lipinski definition) is 4. The van der Waals surface area contributed by atoms with E-state index in [1.54, 1.807) is 12.1 Å². The number of nitrogens with zero attached hydrogens (tertiary/aromatic N) is 1. The topological polar surface area (TPSA) is 66.5 Å². The van der Waals surface area contributed by atoms with Gasteiger partial charge in [0.1, 0.15) is 0 Å². The minimum atomic E-state index is -3.33. The van der Waals surface area contributed by atoms with Crippen molar-refractivity contribution in [3.8, 4) is 0 Å². The predicted molar refractivity (Wildman–Crippen MR) is 94.8 cm³/mol. The second-order valence-electron chi connectivity index (χ2n) is 5.90. The molecule has 1 atom stereocenters. The number of hydrogen-bond donors (Lipinski definition) is 1. The van der Waals surface area contributed by atoms with Gasteiger partial charge in [-0.25, -0.2) is 8.42 Å². The molecule has 6 heteroatoms. The maximum Gasteiger partial charge on any atom is 0.251 e. The lowest BCUT2D eigenvalue weighted by Crippen LogP contribution is -2.34. The number of carbonyl (C=O) groups excluding carboxylic acids is 1. The highest BCUT2D eigenvalue weighted by Crippen LogP contribution is 2.17. The van der Waals surface area contributed by atoms with Crippen molar-refractivity contribution in [2.45, 2.75) is 10.9 Å². The van der Waals surface area contributed by atoms with Gasteiger partial charge in [-0.05, 0) is 37.9 Å². The van der Waals surface area contributed by atoms with Gasteiger partial charge < -0.3 is 10.2 Å². The summed E-state index contributed by atoms with van der Waals surface area (Å²) in [6.07, 6.45) is 1.13. The molecular weight excluding hydrogens is 324 g/mol. The van der Waals surface area contributed by atoms with Crippen LogP contribution in [-0.2, 0) is 9.84 Å². The molecule has 0 bridgehead atoms. The van der Waals surface area contributed by atoms with Crippen LogP contribution in [0.1, 0.15) is 22.0 Å². The fourth-order valence-electron chi connectivity index (χ4n) is 2.43. The first kappa shape index (κ1) is 18.2. The zero-order valence-electron chi connectivity index (χ0n) is 14.1. The summed E-state index contributed by atoms with van der Waals surface area (Å²) < 4.78 is 23.2. The molecule has 0 saturated carbocycles. The van der Waals surface area contributed by atoms with Crippen molar-refractivity contribution in [2.24, 2.45) is 0 Å². The van der Waals surface area contributed by atoms with E-state index in [-0.39, 0.29) is 16.8 Å². The van der Waals surface area contributed by atoms with Crippen LogP contribution in [0.2, 0.25) is 0 Å². The molecule has 24 heavy (non-hydrogen) atoms. The fraction of sp³-hybridized carbons (Fsp3) is 0.278. The van der Waals surface area contributed by atoms with Gasteiger partial charge in [0.15, 0.2) is 9.84 Å². The second-order valence-corrected chi connectivity index (χ2v) is 7.92. The summed E-state index contributed by atoms with van der Waals surface area (Å²) in [4.78, 5) is 14.5. The van der Waals surface area contributed by atoms with E-state index >= 15 is 0 Å². The molecule has 0 aliphatic carbocycles. The number of benzene rings is 2. The Kier molecular flexibility index (Phi) is 5.75. The van der Waals surface area contributed by atoms with E-state index < -0.39 is 9.84 Å². The molecule has 5 nitrogen and oxygen atoms in total. The lowest BCUT2D eigenvalue weighted by atomic mass is 10.1. The number of nitrogens with one attached hydrogen (secondary N) is 1. The van der Waals surface area contributed by atoms with Gasteiger partial charge in [-0.2, -0.15) is 0 Å². The average Bonchev–Trinajstić information content (AvgIpc) is 2.55. The van der Waals surface area contributed by atoms with Crippen molar-refractivity contribution in [1.29, 1.82) is 0 Å². The highest BCUT2D eigenvalue weighted by molar-refractivity contribution is 7.90. The predicted octanol–water partition coefficient (Wildman–Crippen LogP) is 2.12. The zero-order chi connectivity index (χ0) is 17.7. The number of sulfone groups is 1. The molecule has 1 amide bonds. The van der Waals surface area contributed by atoms with Gasteiger partial charge in [-0.3, -0.25) is 4.79 Å². The van der Waals surface area contributed by atoms with Crippen LogP contribution < -0.4 is 5.32 Å². The van der Waals surface area contributed by atoms with Gasteiger partial charge in [0.05, 0.1) is 10.9 Å². The Morgan fingerprint density at radius 3 is 2.33 bits per heavy atom. The third-order valence-electron chi connectivity index (χ3n) is 3.79. The lowest BCUT2D eigenvalue weighted by molar-refractivity contribution is 0.0941. The molecule has 0 aliphatic heterocycles. The summed E-state index contributed by atoms with van der Waals surface area (Å²) in [5.74, 6) is -0.289. The van der Waals surface area contributed by atoms with E-state index in [1.807, 2.05) is 49.3 Å². The quantitative estimate of drug-likeness (QED) is 0.870. The minimum absolute atomic E-state index is 0.0354. The minimum Gasteiger partial charge on any atom is -0.350 e. The third kappa shape index (κ3) is 4.66. The lowest BCUT2D eigenvalue weighted by Gasteiger charge is -2.25. The molecular formula is C18H22N2O3S. The van der Waals surface area contributed by atoms with Crippen LogP contribution in [0, 0.1) is 0 Å². The molecule has 0 aliphatic rings. The van der Waals surface area contributed by atoms with Crippen molar-refractivity contribution in [3.63, 3.8) is 0 Å². The zero-order valence-corrected chi connectivity index (χ0v) is 14.9. The smallest absolute Gasteiger partial charge is 0.251 e. The SMILES string of the molecule is CN(C)C(CNC(=O)c1cccc(S(C)(=O)=O)c1)c1ccccc1. The Labute approximate surface area is 143 Å². The number of likely N-dealkylation sites (N-methyl/N-ethyl adjacent to an activating group) is 1. The highest BCUT2D eigenvalue weighted by atomic mass is 32.2. The first-order chi connectivity index (χ1) is 11.3. The van der Waals surface area contributed by atoms with Crippen LogP contribution in [0.5, 0.6) is 0 Å². The average molecular weight is 346 g/mol. The molecule has 0 radical (unpaired) electrons. The fourth-order valence-corrected chi connectivity index (χ4v) is 3.10. The monoisotopic (exact) mass is 346 g/mol. The molecule has 0 aromatic heterocycles. The van der Waals surface area contributed by atoms with Crippen molar-refractivity contribution < 1.29 is 13.2 Å². The van der Waals surface area contributed by atoms with Crippen LogP contribution in [0.4, 0.5) is 0 Å². The second kappa shape index (κ2) is 7.59. The Bertz CT molecular complexity index is 802. The highest BCUT2D eigenvalue weighted by Gasteiger charge is 2.16. The summed E-state index contributed by atoms with van der Waals surface area (Å²) in [7, 11) is 0.570. The van der Waals surface area contributed by atoms with E-state index in [4.69, 9.17) is 0 Å². The van der Waals surface area contributed by atoms with E-state index in [2.05, 4.69) is 5.32 Å². The Morgan fingerprint density at radius 2 is 1.75 bits per heavy atom. The molecule has 0 heterocycles. The molecule has 2 rings (SSSR count). The number of carbonyl (C=O) groups is 1. The molecule has 0 fully saturated rings. The first-order valence-corrected chi connectivity index (χ1v) is 9.48. The van der Waals surface area contributed by atoms with Gasteiger partial charge in [0, 0.05) is 18.4 Å². The van der Waals surface area contributed by atoms with E-state index in [0.717, 1.165) is 11.8 Å². The van der Waals surface area contributed by atoms with Crippen molar-refractivity contribution in [3.05, 3.63) is 65.7 Å². The number of amides is 1. The molecule has 0 saturated heterocycles. The summed E-state index contributed by atoms with van der Waals surface area (Å²) in [5, 5.41) is 2.88. The molecule has 0 spiro atoms. The van der Waals surface area contributed by atoms with Gasteiger partial charge >= 0.3 is 0 Å². The summed E-state index contributed by atoms with van der Waals surface area (Å²) in [5.41, 5.74) is 1.44. The van der Waals surface area contributed by atoms with Crippen LogP contribution in [-0.4, -0.2) is 46.1 Å². The largest absolute Gasteiger partial charge is 0.350 e. The molecule has 2 aromatic carbocycles. The van der Waals surface area contributed by atoms with Crippen LogP contribution in [0.25, 0.3) is 0 Å². The van der Waals surface area contributed by atoms with Crippen LogP contribution in [0.3, 0.4) is 0 Å². The van der Waals surface area contributed by atoms with Crippen LogP contribution >= 0.6 is 0 Å². The molecule has 1 N–H and O–H groups in total. The third-order valence-corrected chi connectivity index (χ3v) is 4.90. The molecule has 1 unspecified atom stereocenters. The first-order valence-electron chi connectivity index (χ1n) is 7.58. The van der Waals surface area contributed by atoms with E-state index in [9.17, 15) is 13.2 Å². The van der Waals surface area contributed by atoms with E-state index in [1.165, 1.54) is 12.1 Å².